The molecule has 42 heavy (non-hydrogen) atoms. The van der Waals surface area contributed by atoms with Crippen molar-refractivity contribution in [1.82, 2.24) is 0 Å². The molecule has 0 aliphatic rings. The van der Waals surface area contributed by atoms with Crippen LogP contribution in [-0.2, 0) is 0 Å². The third-order valence-electron chi connectivity index (χ3n) is 8.00. The predicted molar refractivity (Wildman–Crippen MR) is 177 cm³/mol. The fourth-order valence-corrected chi connectivity index (χ4v) is 5.50. The lowest BCUT2D eigenvalue weighted by atomic mass is 9.95. The minimum absolute atomic E-state index is 0.325. The maximum absolute atomic E-state index is 12.0. The Hall–Kier alpha value is -3.40. The molecular weight excluding hydrogens is 518 g/mol. The number of hydrogen-bond donors (Lipinski definition) is 1. The van der Waals surface area contributed by atoms with Crippen LogP contribution in [0, 0.1) is 0 Å². The molecule has 0 saturated heterocycles. The minimum atomic E-state index is 0.325. The van der Waals surface area contributed by atoms with E-state index in [4.69, 9.17) is 4.74 Å². The summed E-state index contributed by atoms with van der Waals surface area (Å²) in [5, 5.41) is 3.36. The molecule has 0 spiro atoms. The lowest BCUT2D eigenvalue weighted by Crippen LogP contribution is -2.04. The number of unbranched alkanes of at least 4 members (excludes halogenated alkanes) is 15. The van der Waals surface area contributed by atoms with E-state index in [1.807, 2.05) is 66.7 Å². The molecule has 0 aliphatic heterocycles. The molecule has 0 atom stereocenters. The summed E-state index contributed by atoms with van der Waals surface area (Å²) >= 11 is 0. The summed E-state index contributed by atoms with van der Waals surface area (Å²) in [5.41, 5.74) is 4.26. The highest BCUT2D eigenvalue weighted by Gasteiger charge is 2.15. The summed E-state index contributed by atoms with van der Waals surface area (Å²) in [7, 11) is 0. The van der Waals surface area contributed by atoms with E-state index < -0.39 is 0 Å². The predicted octanol–water partition coefficient (Wildman–Crippen LogP) is 11.4. The number of ether oxygens (including phenoxy) is 1. The van der Waals surface area contributed by atoms with Crippen LogP contribution in [0.2, 0.25) is 0 Å². The van der Waals surface area contributed by atoms with Gasteiger partial charge in [-0.05, 0) is 53.9 Å². The number of rotatable bonds is 23. The average Bonchev–Trinajstić information content (AvgIpc) is 3.03. The number of anilines is 2. The molecular formula is C38H51NO3. The largest absolute Gasteiger partial charge is 0.493 e. The Balaban J connectivity index is 1.33. The summed E-state index contributed by atoms with van der Waals surface area (Å²) in [6.45, 7) is 2.83. The van der Waals surface area contributed by atoms with Crippen molar-refractivity contribution in [3.05, 3.63) is 77.9 Å². The summed E-state index contributed by atoms with van der Waals surface area (Å²) < 4.78 is 5.97. The molecule has 0 aromatic heterocycles. The second-order valence-electron chi connectivity index (χ2n) is 11.4. The standard InChI is InChI=1S/C38H51NO3/c1-2-3-4-5-6-7-8-9-10-11-12-13-14-15-16-20-29-42-38-28-27-35(36(30-40)37(38)31-41)32-23-25-34(26-24-32)39-33-21-18-17-19-22-33/h17-19,21-28,30-31,39H,2-16,20,29H2,1H3. The number of carbonyl (C=O) groups excluding carboxylic acids is 2. The van der Waals surface area contributed by atoms with E-state index in [0.29, 0.717) is 23.5 Å². The zero-order valence-corrected chi connectivity index (χ0v) is 25.8. The minimum Gasteiger partial charge on any atom is -0.493 e. The maximum atomic E-state index is 12.0. The zero-order chi connectivity index (χ0) is 29.7. The average molecular weight is 570 g/mol. The summed E-state index contributed by atoms with van der Waals surface area (Å²) in [6.07, 6.45) is 22.7. The van der Waals surface area contributed by atoms with Crippen molar-refractivity contribution in [3.8, 4) is 16.9 Å². The van der Waals surface area contributed by atoms with Crippen LogP contribution in [0.3, 0.4) is 0 Å². The number of hydrogen-bond acceptors (Lipinski definition) is 4. The van der Waals surface area contributed by atoms with Gasteiger partial charge in [0.15, 0.2) is 12.6 Å². The molecule has 0 unspecified atom stereocenters. The molecule has 3 aromatic rings. The molecule has 0 heterocycles. The van der Waals surface area contributed by atoms with Gasteiger partial charge in [0.05, 0.1) is 12.2 Å². The Morgan fingerprint density at radius 3 is 1.57 bits per heavy atom. The monoisotopic (exact) mass is 569 g/mol. The van der Waals surface area contributed by atoms with Crippen molar-refractivity contribution in [2.75, 3.05) is 11.9 Å². The van der Waals surface area contributed by atoms with E-state index in [2.05, 4.69) is 12.2 Å². The highest BCUT2D eigenvalue weighted by Crippen LogP contribution is 2.32. The molecule has 0 bridgehead atoms. The summed E-state index contributed by atoms with van der Waals surface area (Å²) in [6, 6.07) is 21.5. The van der Waals surface area contributed by atoms with Crippen LogP contribution < -0.4 is 10.1 Å². The lowest BCUT2D eigenvalue weighted by molar-refractivity contribution is 0.109. The molecule has 0 radical (unpaired) electrons. The van der Waals surface area contributed by atoms with Gasteiger partial charge in [-0.1, -0.05) is 134 Å². The topological polar surface area (TPSA) is 55.4 Å². The fraction of sp³-hybridized carbons (Fsp3) is 0.474. The van der Waals surface area contributed by atoms with E-state index in [1.165, 1.54) is 89.9 Å². The van der Waals surface area contributed by atoms with E-state index in [-0.39, 0.29) is 0 Å². The van der Waals surface area contributed by atoms with Crippen molar-refractivity contribution in [1.29, 1.82) is 0 Å². The Morgan fingerprint density at radius 1 is 0.548 bits per heavy atom. The number of carbonyl (C=O) groups is 2. The lowest BCUT2D eigenvalue weighted by Gasteiger charge is -2.14. The van der Waals surface area contributed by atoms with Crippen molar-refractivity contribution < 1.29 is 14.3 Å². The highest BCUT2D eigenvalue weighted by atomic mass is 16.5. The van der Waals surface area contributed by atoms with Gasteiger partial charge < -0.3 is 10.1 Å². The first kappa shape index (κ1) is 33.1. The second-order valence-corrected chi connectivity index (χ2v) is 11.4. The summed E-state index contributed by atoms with van der Waals surface area (Å²) in [4.78, 5) is 24.0. The van der Waals surface area contributed by atoms with Crippen LogP contribution in [0.15, 0.2) is 66.7 Å². The number of nitrogens with one attached hydrogen (secondary N) is 1. The van der Waals surface area contributed by atoms with E-state index in [0.717, 1.165) is 47.9 Å². The molecule has 0 fully saturated rings. The number of benzene rings is 3. The van der Waals surface area contributed by atoms with Crippen LogP contribution in [0.25, 0.3) is 11.1 Å². The van der Waals surface area contributed by atoms with Crippen molar-refractivity contribution in [3.63, 3.8) is 0 Å². The first-order chi connectivity index (χ1) is 20.8. The molecule has 3 aromatic carbocycles. The number of para-hydroxylation sites is 1. The van der Waals surface area contributed by atoms with Gasteiger partial charge >= 0.3 is 0 Å². The molecule has 1 N–H and O–H groups in total. The zero-order valence-electron chi connectivity index (χ0n) is 25.8. The van der Waals surface area contributed by atoms with E-state index in [9.17, 15) is 9.59 Å². The summed E-state index contributed by atoms with van der Waals surface area (Å²) in [5.74, 6) is 0.485. The van der Waals surface area contributed by atoms with Gasteiger partial charge in [0.1, 0.15) is 5.75 Å². The molecule has 226 valence electrons. The Bertz CT molecular complexity index is 1160. The van der Waals surface area contributed by atoms with Crippen molar-refractivity contribution in [2.24, 2.45) is 0 Å². The van der Waals surface area contributed by atoms with Crippen LogP contribution in [0.1, 0.15) is 130 Å². The molecule has 0 saturated carbocycles. The molecule has 3 rings (SSSR count). The Labute approximate surface area is 254 Å². The van der Waals surface area contributed by atoms with Crippen LogP contribution in [-0.4, -0.2) is 19.2 Å². The first-order valence-electron chi connectivity index (χ1n) is 16.4. The quantitative estimate of drug-likeness (QED) is 0.0911. The van der Waals surface area contributed by atoms with Gasteiger partial charge in [-0.3, -0.25) is 9.59 Å². The first-order valence-corrected chi connectivity index (χ1v) is 16.4. The maximum Gasteiger partial charge on any atom is 0.154 e. The van der Waals surface area contributed by atoms with Gasteiger partial charge in [-0.25, -0.2) is 0 Å². The van der Waals surface area contributed by atoms with Crippen LogP contribution in [0.4, 0.5) is 11.4 Å². The normalized spacial score (nSPS) is 10.9. The third-order valence-corrected chi connectivity index (χ3v) is 8.00. The fourth-order valence-electron chi connectivity index (χ4n) is 5.50. The van der Waals surface area contributed by atoms with E-state index >= 15 is 0 Å². The smallest absolute Gasteiger partial charge is 0.154 e. The van der Waals surface area contributed by atoms with Crippen molar-refractivity contribution in [2.45, 2.75) is 110 Å². The van der Waals surface area contributed by atoms with Crippen LogP contribution in [0.5, 0.6) is 5.75 Å². The van der Waals surface area contributed by atoms with Gasteiger partial charge in [0, 0.05) is 16.9 Å². The highest BCUT2D eigenvalue weighted by molar-refractivity contribution is 5.99. The van der Waals surface area contributed by atoms with Gasteiger partial charge in [0.25, 0.3) is 0 Å². The SMILES string of the molecule is CCCCCCCCCCCCCCCCCCOc1ccc(-c2ccc(Nc3ccccc3)cc2)c(C=O)c1C=O. The second kappa shape index (κ2) is 20.5. The number of aldehydes is 2. The van der Waals surface area contributed by atoms with Gasteiger partial charge in [0.2, 0.25) is 0 Å². The molecule has 4 nitrogen and oxygen atoms in total. The molecule has 0 aliphatic carbocycles. The van der Waals surface area contributed by atoms with E-state index in [1.54, 1.807) is 0 Å². The van der Waals surface area contributed by atoms with Gasteiger partial charge in [-0.2, -0.15) is 0 Å². The van der Waals surface area contributed by atoms with Crippen LogP contribution >= 0.6 is 0 Å². The Morgan fingerprint density at radius 2 is 1.05 bits per heavy atom. The van der Waals surface area contributed by atoms with Gasteiger partial charge in [-0.15, -0.1) is 0 Å². The Kier molecular flexibility index (Phi) is 16.1. The molecule has 4 heteroatoms. The van der Waals surface area contributed by atoms with Crippen molar-refractivity contribution >= 4 is 23.9 Å². The molecule has 0 amide bonds. The third kappa shape index (κ3) is 11.8.